The van der Waals surface area contributed by atoms with Gasteiger partial charge in [0.25, 0.3) is 5.91 Å². The molecule has 1 aromatic carbocycles. The summed E-state index contributed by atoms with van der Waals surface area (Å²) in [5, 5.41) is 2.81. The molecule has 94 valence electrons. The Morgan fingerprint density at radius 1 is 1.29 bits per heavy atom. The molecule has 17 heavy (non-hydrogen) atoms. The molecule has 1 aromatic rings. The monoisotopic (exact) mass is 346 g/mol. The number of nitrogens with one attached hydrogen (secondary N) is 1. The zero-order valence-electron chi connectivity index (χ0n) is 10.7. The van der Waals surface area contributed by atoms with Gasteiger partial charge in [0, 0.05) is 17.3 Å². The lowest BCUT2D eigenvalue weighted by Gasteiger charge is -2.23. The molecule has 0 spiro atoms. The number of carbonyl (C=O) groups is 1. The molecule has 0 aliphatic carbocycles. The van der Waals surface area contributed by atoms with Crippen LogP contribution < -0.4 is 33.8 Å². The molecule has 0 heterocycles. The molecule has 0 saturated carbocycles. The van der Waals surface area contributed by atoms with Gasteiger partial charge in [0.1, 0.15) is 5.69 Å². The van der Waals surface area contributed by atoms with Crippen LogP contribution in [0.2, 0.25) is 0 Å². The first-order valence-electron chi connectivity index (χ1n) is 5.19. The van der Waals surface area contributed by atoms with E-state index in [4.69, 9.17) is 0 Å². The zero-order chi connectivity index (χ0) is 12.3. The molecule has 0 atom stereocenters. The Morgan fingerprint density at radius 3 is 2.35 bits per heavy atom. The number of amides is 1. The van der Waals surface area contributed by atoms with Gasteiger partial charge in [-0.05, 0) is 19.1 Å². The first kappa shape index (κ1) is 16.1. The molecular weight excluding hydrogens is 327 g/mol. The third kappa shape index (κ3) is 4.87. The average Bonchev–Trinajstić information content (AvgIpc) is 2.16. The zero-order valence-corrected chi connectivity index (χ0v) is 12.9. The molecule has 1 rings (SSSR count). The van der Waals surface area contributed by atoms with E-state index in [2.05, 4.69) is 33.0 Å². The lowest BCUT2D eigenvalue weighted by molar-refractivity contribution is -0.112. The Bertz CT molecular complexity index is 422. The van der Waals surface area contributed by atoms with Crippen LogP contribution in [0.1, 0.15) is 6.92 Å². The molecule has 1 amide bonds. The standard InChI is InChI=1S/C13H18N2O.HI/c1-10(2)13(16)14-11-7-6-8-12(9-11)15(3,4)5;/h6-9H,1H2,2-5H3;1H. The summed E-state index contributed by atoms with van der Waals surface area (Å²) in [7, 11) is 6.25. The second kappa shape index (κ2) is 6.16. The minimum absolute atomic E-state index is 0. The van der Waals surface area contributed by atoms with Crippen molar-refractivity contribution >= 4 is 17.3 Å². The van der Waals surface area contributed by atoms with Gasteiger partial charge in [-0.2, -0.15) is 0 Å². The van der Waals surface area contributed by atoms with E-state index < -0.39 is 0 Å². The molecule has 0 aromatic heterocycles. The maximum atomic E-state index is 11.5. The normalized spacial score (nSPS) is 10.4. The highest BCUT2D eigenvalue weighted by Gasteiger charge is 2.12. The van der Waals surface area contributed by atoms with Crippen molar-refractivity contribution in [1.82, 2.24) is 4.48 Å². The van der Waals surface area contributed by atoms with Crippen LogP contribution in [0, 0.1) is 0 Å². The lowest BCUT2D eigenvalue weighted by Crippen LogP contribution is -3.00. The summed E-state index contributed by atoms with van der Waals surface area (Å²) < 4.78 is 0.719. The molecule has 0 aliphatic heterocycles. The van der Waals surface area contributed by atoms with Gasteiger partial charge in [-0.1, -0.05) is 12.6 Å². The maximum absolute atomic E-state index is 11.5. The van der Waals surface area contributed by atoms with Gasteiger partial charge in [0.15, 0.2) is 0 Å². The van der Waals surface area contributed by atoms with Crippen molar-refractivity contribution in [2.45, 2.75) is 6.92 Å². The number of anilines is 1. The average molecular weight is 346 g/mol. The number of benzene rings is 1. The Hall–Kier alpha value is -0.880. The quantitative estimate of drug-likeness (QED) is 0.442. The molecular formula is C13H19IN2O. The van der Waals surface area contributed by atoms with Crippen LogP contribution in [0.3, 0.4) is 0 Å². The van der Waals surface area contributed by atoms with Crippen molar-refractivity contribution in [1.29, 1.82) is 0 Å². The number of quaternary nitrogens is 1. The van der Waals surface area contributed by atoms with E-state index in [-0.39, 0.29) is 29.9 Å². The van der Waals surface area contributed by atoms with Crippen molar-refractivity contribution < 1.29 is 28.8 Å². The number of halogens is 1. The fourth-order valence-corrected chi connectivity index (χ4v) is 1.24. The summed E-state index contributed by atoms with van der Waals surface area (Å²) in [5.41, 5.74) is 2.45. The summed E-state index contributed by atoms with van der Waals surface area (Å²) >= 11 is 0. The van der Waals surface area contributed by atoms with Gasteiger partial charge in [-0.15, -0.1) is 0 Å². The summed E-state index contributed by atoms with van der Waals surface area (Å²) in [4.78, 5) is 11.5. The SMILES string of the molecule is C=C(C)C(=O)Nc1cccc([N+](C)(C)C)c1.[I-]. The van der Waals surface area contributed by atoms with E-state index in [1.54, 1.807) is 6.92 Å². The first-order chi connectivity index (χ1) is 7.30. The van der Waals surface area contributed by atoms with E-state index in [1.165, 1.54) is 0 Å². The molecule has 1 N–H and O–H groups in total. The maximum Gasteiger partial charge on any atom is 0.250 e. The molecule has 0 radical (unpaired) electrons. The van der Waals surface area contributed by atoms with E-state index in [0.717, 1.165) is 15.9 Å². The topological polar surface area (TPSA) is 29.1 Å². The van der Waals surface area contributed by atoms with Crippen LogP contribution in [0.5, 0.6) is 0 Å². The first-order valence-corrected chi connectivity index (χ1v) is 5.19. The largest absolute Gasteiger partial charge is 1.00 e. The van der Waals surface area contributed by atoms with Crippen molar-refractivity contribution in [2.75, 3.05) is 26.5 Å². The predicted octanol–water partition coefficient (Wildman–Crippen LogP) is -0.598. The van der Waals surface area contributed by atoms with Gasteiger partial charge in [-0.3, -0.25) is 9.28 Å². The summed E-state index contributed by atoms with van der Waals surface area (Å²) in [6.07, 6.45) is 0. The molecule has 0 fully saturated rings. The third-order valence-electron chi connectivity index (χ3n) is 2.27. The van der Waals surface area contributed by atoms with Crippen molar-refractivity contribution in [3.05, 3.63) is 36.4 Å². The third-order valence-corrected chi connectivity index (χ3v) is 2.27. The second-order valence-corrected chi connectivity index (χ2v) is 4.80. The molecule has 0 aliphatic rings. The minimum atomic E-state index is -0.140. The molecule has 3 nitrogen and oxygen atoms in total. The second-order valence-electron chi connectivity index (χ2n) is 4.80. The number of rotatable bonds is 3. The van der Waals surface area contributed by atoms with Gasteiger partial charge in [-0.25, -0.2) is 0 Å². The fourth-order valence-electron chi connectivity index (χ4n) is 1.24. The van der Waals surface area contributed by atoms with Crippen molar-refractivity contribution in [3.8, 4) is 0 Å². The fraction of sp³-hybridized carbons (Fsp3) is 0.308. The van der Waals surface area contributed by atoms with Crippen molar-refractivity contribution in [3.63, 3.8) is 0 Å². The van der Waals surface area contributed by atoms with Crippen LogP contribution in [0.15, 0.2) is 36.4 Å². The Kier molecular flexibility index (Phi) is 5.84. The van der Waals surface area contributed by atoms with Crippen LogP contribution in [0.4, 0.5) is 11.4 Å². The van der Waals surface area contributed by atoms with Crippen LogP contribution in [-0.4, -0.2) is 27.1 Å². The van der Waals surface area contributed by atoms with E-state index in [1.807, 2.05) is 24.3 Å². The van der Waals surface area contributed by atoms with Crippen LogP contribution in [0.25, 0.3) is 0 Å². The van der Waals surface area contributed by atoms with Crippen LogP contribution >= 0.6 is 0 Å². The summed E-state index contributed by atoms with van der Waals surface area (Å²) in [6, 6.07) is 7.82. The molecule has 0 bridgehead atoms. The van der Waals surface area contributed by atoms with E-state index in [9.17, 15) is 4.79 Å². The van der Waals surface area contributed by atoms with E-state index >= 15 is 0 Å². The molecule has 0 saturated heterocycles. The lowest BCUT2D eigenvalue weighted by atomic mass is 10.2. The highest BCUT2D eigenvalue weighted by Crippen LogP contribution is 2.21. The summed E-state index contributed by atoms with van der Waals surface area (Å²) in [5.74, 6) is -0.140. The Morgan fingerprint density at radius 2 is 1.88 bits per heavy atom. The van der Waals surface area contributed by atoms with Gasteiger partial charge in [0.2, 0.25) is 0 Å². The number of nitrogens with zero attached hydrogens (tertiary/aromatic N) is 1. The molecule has 0 unspecified atom stereocenters. The Labute approximate surface area is 120 Å². The Balaban J connectivity index is 0.00000256. The minimum Gasteiger partial charge on any atom is -1.00 e. The van der Waals surface area contributed by atoms with Gasteiger partial charge in [0.05, 0.1) is 21.1 Å². The van der Waals surface area contributed by atoms with Crippen molar-refractivity contribution in [2.24, 2.45) is 0 Å². The highest BCUT2D eigenvalue weighted by atomic mass is 127. The smallest absolute Gasteiger partial charge is 0.250 e. The number of carbonyl (C=O) groups excluding carboxylic acids is 1. The highest BCUT2D eigenvalue weighted by molar-refractivity contribution is 6.02. The summed E-state index contributed by atoms with van der Waals surface area (Å²) in [6.45, 7) is 5.30. The van der Waals surface area contributed by atoms with Gasteiger partial charge < -0.3 is 29.3 Å². The number of hydrogen-bond acceptors (Lipinski definition) is 1. The number of hydrogen-bond donors (Lipinski definition) is 1. The van der Waals surface area contributed by atoms with E-state index in [0.29, 0.717) is 5.57 Å². The molecule has 4 heteroatoms. The van der Waals surface area contributed by atoms with Crippen LogP contribution in [-0.2, 0) is 4.79 Å². The predicted molar refractivity (Wildman–Crippen MR) is 69.5 cm³/mol. The van der Waals surface area contributed by atoms with Gasteiger partial charge >= 0.3 is 0 Å².